The maximum Gasteiger partial charge on any atom is 0.145 e. The van der Waals surface area contributed by atoms with E-state index >= 15 is 0 Å². The molecule has 0 heterocycles. The van der Waals surface area contributed by atoms with Crippen molar-refractivity contribution < 1.29 is 9.50 Å². The monoisotopic (exact) mass is 236 g/mol. The molecule has 1 unspecified atom stereocenters. The van der Waals surface area contributed by atoms with Crippen LogP contribution in [0.4, 0.5) is 4.39 Å². The van der Waals surface area contributed by atoms with Gasteiger partial charge in [0.25, 0.3) is 0 Å². The number of nitrogens with zero attached hydrogens (tertiary/aromatic N) is 1. The molecule has 3 nitrogen and oxygen atoms in total. The number of rotatable bonds is 5. The highest BCUT2D eigenvalue weighted by atomic mass is 19.1. The minimum Gasteiger partial charge on any atom is -0.395 e. The van der Waals surface area contributed by atoms with Crippen molar-refractivity contribution >= 4 is 0 Å². The standard InChI is InChI=1S/C13H17FN2O/c1-9(2)12(8-17)16-7-11-5-3-4-10(6-15)13(11)14/h3-5,9,12,16-17H,7-8H2,1-2H3. The summed E-state index contributed by atoms with van der Waals surface area (Å²) in [6.07, 6.45) is 0. The van der Waals surface area contributed by atoms with Crippen LogP contribution >= 0.6 is 0 Å². The van der Waals surface area contributed by atoms with Crippen LogP contribution in [-0.2, 0) is 6.54 Å². The lowest BCUT2D eigenvalue weighted by atomic mass is 10.0. The van der Waals surface area contributed by atoms with Gasteiger partial charge < -0.3 is 10.4 Å². The van der Waals surface area contributed by atoms with Crippen molar-refractivity contribution in [2.24, 2.45) is 5.92 Å². The van der Waals surface area contributed by atoms with Crippen LogP contribution < -0.4 is 5.32 Å². The van der Waals surface area contributed by atoms with Gasteiger partial charge in [-0.1, -0.05) is 26.0 Å². The van der Waals surface area contributed by atoms with E-state index in [1.165, 1.54) is 6.07 Å². The Morgan fingerprint density at radius 2 is 2.18 bits per heavy atom. The van der Waals surface area contributed by atoms with Crippen LogP contribution in [0.25, 0.3) is 0 Å². The van der Waals surface area contributed by atoms with Gasteiger partial charge in [0.15, 0.2) is 0 Å². The molecule has 1 atom stereocenters. The summed E-state index contributed by atoms with van der Waals surface area (Å²) < 4.78 is 13.7. The Morgan fingerprint density at radius 1 is 1.47 bits per heavy atom. The normalized spacial score (nSPS) is 12.5. The lowest BCUT2D eigenvalue weighted by Crippen LogP contribution is -2.36. The van der Waals surface area contributed by atoms with E-state index in [0.717, 1.165) is 0 Å². The third kappa shape index (κ3) is 3.52. The predicted octanol–water partition coefficient (Wildman–Crippen LogP) is 1.80. The molecule has 0 aliphatic heterocycles. The maximum absolute atomic E-state index is 13.7. The van der Waals surface area contributed by atoms with E-state index in [4.69, 9.17) is 10.4 Å². The second-order valence-corrected chi connectivity index (χ2v) is 4.30. The Morgan fingerprint density at radius 3 is 2.71 bits per heavy atom. The van der Waals surface area contributed by atoms with Gasteiger partial charge in [-0.2, -0.15) is 5.26 Å². The summed E-state index contributed by atoms with van der Waals surface area (Å²) >= 11 is 0. The van der Waals surface area contributed by atoms with Gasteiger partial charge in [-0.15, -0.1) is 0 Å². The molecule has 17 heavy (non-hydrogen) atoms. The molecule has 1 rings (SSSR count). The Bertz CT molecular complexity index is 412. The van der Waals surface area contributed by atoms with Gasteiger partial charge in [-0.25, -0.2) is 4.39 Å². The summed E-state index contributed by atoms with van der Waals surface area (Å²) in [5, 5.41) is 20.9. The average Bonchev–Trinajstić information content (AvgIpc) is 2.31. The van der Waals surface area contributed by atoms with Crippen molar-refractivity contribution in [3.05, 3.63) is 35.1 Å². The molecule has 4 heteroatoms. The van der Waals surface area contributed by atoms with E-state index in [1.807, 2.05) is 19.9 Å². The Kier molecular flexibility index (Phi) is 5.08. The number of hydrogen-bond acceptors (Lipinski definition) is 3. The van der Waals surface area contributed by atoms with E-state index < -0.39 is 5.82 Å². The molecule has 1 aromatic rings. The highest BCUT2D eigenvalue weighted by Crippen LogP contribution is 2.12. The van der Waals surface area contributed by atoms with E-state index in [9.17, 15) is 4.39 Å². The molecular formula is C13H17FN2O. The summed E-state index contributed by atoms with van der Waals surface area (Å²) in [7, 11) is 0. The zero-order valence-corrected chi connectivity index (χ0v) is 10.1. The molecule has 92 valence electrons. The highest BCUT2D eigenvalue weighted by Gasteiger charge is 2.13. The molecule has 0 fully saturated rings. The van der Waals surface area contributed by atoms with Gasteiger partial charge in [-0.3, -0.25) is 0 Å². The van der Waals surface area contributed by atoms with Gasteiger partial charge in [0.2, 0.25) is 0 Å². The van der Waals surface area contributed by atoms with Crippen molar-refractivity contribution in [2.75, 3.05) is 6.61 Å². The number of nitrogens with one attached hydrogen (secondary N) is 1. The van der Waals surface area contributed by atoms with Gasteiger partial charge >= 0.3 is 0 Å². The molecule has 0 aliphatic carbocycles. The highest BCUT2D eigenvalue weighted by molar-refractivity contribution is 5.34. The molecule has 0 spiro atoms. The fraction of sp³-hybridized carbons (Fsp3) is 0.462. The van der Waals surface area contributed by atoms with Gasteiger partial charge in [0.1, 0.15) is 11.9 Å². The minimum atomic E-state index is -0.483. The second-order valence-electron chi connectivity index (χ2n) is 4.30. The van der Waals surface area contributed by atoms with Crippen molar-refractivity contribution in [3.63, 3.8) is 0 Å². The summed E-state index contributed by atoms with van der Waals surface area (Å²) in [6, 6.07) is 6.48. The zero-order chi connectivity index (χ0) is 12.8. The molecule has 0 saturated carbocycles. The number of nitriles is 1. The van der Waals surface area contributed by atoms with Gasteiger partial charge in [-0.05, 0) is 12.0 Å². The molecule has 0 amide bonds. The van der Waals surface area contributed by atoms with Crippen LogP contribution in [0.3, 0.4) is 0 Å². The summed E-state index contributed by atoms with van der Waals surface area (Å²) in [5.41, 5.74) is 0.498. The molecular weight excluding hydrogens is 219 g/mol. The van der Waals surface area contributed by atoms with E-state index in [-0.39, 0.29) is 24.1 Å². The lowest BCUT2D eigenvalue weighted by Gasteiger charge is -2.20. The van der Waals surface area contributed by atoms with Crippen LogP contribution in [0.1, 0.15) is 25.0 Å². The van der Waals surface area contributed by atoms with E-state index in [2.05, 4.69) is 5.32 Å². The van der Waals surface area contributed by atoms with Crippen LogP contribution in [0.5, 0.6) is 0 Å². The van der Waals surface area contributed by atoms with Crippen molar-refractivity contribution in [1.82, 2.24) is 5.32 Å². The predicted molar refractivity (Wildman–Crippen MR) is 63.7 cm³/mol. The quantitative estimate of drug-likeness (QED) is 0.819. The van der Waals surface area contributed by atoms with Crippen molar-refractivity contribution in [3.8, 4) is 6.07 Å². The molecule has 1 aromatic carbocycles. The topological polar surface area (TPSA) is 56.0 Å². The SMILES string of the molecule is CC(C)C(CO)NCc1cccc(C#N)c1F. The Hall–Kier alpha value is -1.44. The summed E-state index contributed by atoms with van der Waals surface area (Å²) in [5.74, 6) is -0.217. The van der Waals surface area contributed by atoms with Crippen LogP contribution in [0.15, 0.2) is 18.2 Å². The van der Waals surface area contributed by atoms with Crippen LogP contribution in [0.2, 0.25) is 0 Å². The first-order chi connectivity index (χ1) is 8.10. The van der Waals surface area contributed by atoms with Crippen molar-refractivity contribution in [1.29, 1.82) is 5.26 Å². The maximum atomic E-state index is 13.7. The van der Waals surface area contributed by atoms with E-state index in [0.29, 0.717) is 12.1 Å². The number of halogens is 1. The van der Waals surface area contributed by atoms with Crippen LogP contribution in [-0.4, -0.2) is 17.8 Å². The molecule has 0 aromatic heterocycles. The largest absolute Gasteiger partial charge is 0.395 e. The smallest absolute Gasteiger partial charge is 0.145 e. The van der Waals surface area contributed by atoms with E-state index in [1.54, 1.807) is 12.1 Å². The zero-order valence-electron chi connectivity index (χ0n) is 10.1. The number of hydrogen-bond donors (Lipinski definition) is 2. The Labute approximate surface area is 101 Å². The van der Waals surface area contributed by atoms with Crippen molar-refractivity contribution in [2.45, 2.75) is 26.4 Å². The first-order valence-corrected chi connectivity index (χ1v) is 5.61. The first kappa shape index (κ1) is 13.6. The molecule has 0 aliphatic rings. The number of aliphatic hydroxyl groups excluding tert-OH is 1. The molecule has 0 radical (unpaired) electrons. The number of aliphatic hydroxyl groups is 1. The second kappa shape index (κ2) is 6.33. The fourth-order valence-corrected chi connectivity index (χ4v) is 1.55. The average molecular weight is 236 g/mol. The summed E-state index contributed by atoms with van der Waals surface area (Å²) in [6.45, 7) is 4.29. The minimum absolute atomic E-state index is 0.0111. The fourth-order valence-electron chi connectivity index (χ4n) is 1.55. The third-order valence-corrected chi connectivity index (χ3v) is 2.76. The third-order valence-electron chi connectivity index (χ3n) is 2.76. The van der Waals surface area contributed by atoms with Gasteiger partial charge in [0.05, 0.1) is 12.2 Å². The first-order valence-electron chi connectivity index (χ1n) is 5.61. The van der Waals surface area contributed by atoms with Gasteiger partial charge in [0, 0.05) is 18.2 Å². The molecule has 2 N–H and O–H groups in total. The molecule has 0 saturated heterocycles. The number of benzene rings is 1. The summed E-state index contributed by atoms with van der Waals surface area (Å²) in [4.78, 5) is 0. The lowest BCUT2D eigenvalue weighted by molar-refractivity contribution is 0.209. The Balaban J connectivity index is 2.73. The van der Waals surface area contributed by atoms with Crippen LogP contribution in [0, 0.1) is 23.1 Å². The molecule has 0 bridgehead atoms.